The van der Waals surface area contributed by atoms with Crippen molar-refractivity contribution in [2.45, 2.75) is 19.0 Å². The van der Waals surface area contributed by atoms with Gasteiger partial charge < -0.3 is 22.1 Å². The Hall–Kier alpha value is -4.04. The molecule has 6 N–H and O–H groups in total. The van der Waals surface area contributed by atoms with Crippen molar-refractivity contribution < 1.29 is 8.78 Å². The third-order valence-corrected chi connectivity index (χ3v) is 5.14. The predicted molar refractivity (Wildman–Crippen MR) is 117 cm³/mol. The highest BCUT2D eigenvalue weighted by Crippen LogP contribution is 2.41. The zero-order chi connectivity index (χ0) is 23.0. The second-order valence-corrected chi connectivity index (χ2v) is 7.37. The quantitative estimate of drug-likeness (QED) is 0.468. The number of nitrogens with one attached hydrogen (secondary N) is 2. The van der Waals surface area contributed by atoms with Gasteiger partial charge in [0.2, 0.25) is 5.95 Å². The van der Waals surface area contributed by atoms with E-state index >= 15 is 0 Å². The van der Waals surface area contributed by atoms with Crippen molar-refractivity contribution in [3.63, 3.8) is 0 Å². The van der Waals surface area contributed by atoms with Crippen LogP contribution < -0.4 is 22.1 Å². The number of hydrogen-bond acceptors (Lipinski definition) is 9. The number of fused-ring (bicyclic) bond motifs is 1. The molecule has 0 aliphatic carbocycles. The number of benzene rings is 1. The fourth-order valence-corrected chi connectivity index (χ4v) is 3.61. The fourth-order valence-electron chi connectivity index (χ4n) is 3.35. The molecule has 9 nitrogen and oxygen atoms in total. The van der Waals surface area contributed by atoms with E-state index in [0.29, 0.717) is 11.1 Å². The first-order valence-corrected chi connectivity index (χ1v) is 9.69. The molecule has 162 valence electrons. The predicted octanol–water partition coefficient (Wildman–Crippen LogP) is 3.25. The van der Waals surface area contributed by atoms with Gasteiger partial charge in [-0.25, -0.2) is 8.78 Å². The lowest BCUT2D eigenvalue weighted by Crippen LogP contribution is -2.36. The summed E-state index contributed by atoms with van der Waals surface area (Å²) in [4.78, 5) is 16.3. The van der Waals surface area contributed by atoms with Crippen molar-refractivity contribution >= 4 is 40.7 Å². The van der Waals surface area contributed by atoms with E-state index in [4.69, 9.17) is 23.1 Å². The van der Waals surface area contributed by atoms with Crippen LogP contribution in [-0.4, -0.2) is 26.8 Å². The normalized spacial score (nSPS) is 15.7. The smallest absolute Gasteiger partial charge is 0.224 e. The van der Waals surface area contributed by atoms with Gasteiger partial charge in [0.1, 0.15) is 41.0 Å². The minimum Gasteiger partial charge on any atom is -0.382 e. The molecule has 3 heterocycles. The molecule has 0 spiro atoms. The summed E-state index contributed by atoms with van der Waals surface area (Å²) in [5.74, 6) is -0.958. The molecule has 2 aromatic heterocycles. The van der Waals surface area contributed by atoms with Gasteiger partial charge in [-0.2, -0.15) is 15.2 Å². The molecule has 0 bridgehead atoms. The molecule has 0 amide bonds. The van der Waals surface area contributed by atoms with Crippen molar-refractivity contribution in [3.8, 4) is 6.07 Å². The van der Waals surface area contributed by atoms with E-state index in [1.54, 1.807) is 6.92 Å². The van der Waals surface area contributed by atoms with Crippen LogP contribution in [0.1, 0.15) is 29.7 Å². The third kappa shape index (κ3) is 3.83. The Bertz CT molecular complexity index is 1290. The molecule has 32 heavy (non-hydrogen) atoms. The standard InChI is InChI=1S/C20H16ClF2N9/c1-8(28-19-11(5-24)17(25)31-20(26)32-19)18-29-15(9-4-10(22)7-27-6-9)14-12(21)2-3-13(23)16(14)30-18/h2-4,6-8,15H,1H3,(H,29,30)(H5,25,26,28,31,32)/t8-,15-/m1/s1. The molecule has 0 fully saturated rings. The molecule has 1 aliphatic rings. The summed E-state index contributed by atoms with van der Waals surface area (Å²) in [6.45, 7) is 1.70. The zero-order valence-corrected chi connectivity index (χ0v) is 17.3. The van der Waals surface area contributed by atoms with Gasteiger partial charge >= 0.3 is 0 Å². The van der Waals surface area contributed by atoms with Crippen LogP contribution in [0.15, 0.2) is 35.6 Å². The molecule has 4 rings (SSSR count). The van der Waals surface area contributed by atoms with E-state index in [1.165, 1.54) is 24.4 Å². The fraction of sp³-hybridized carbons (Fsp3) is 0.150. The number of amidine groups is 1. The molecule has 1 aromatic carbocycles. The van der Waals surface area contributed by atoms with E-state index in [2.05, 4.69) is 30.6 Å². The van der Waals surface area contributed by atoms with E-state index in [-0.39, 0.29) is 39.7 Å². The van der Waals surface area contributed by atoms with Gasteiger partial charge in [0.25, 0.3) is 0 Å². The van der Waals surface area contributed by atoms with Crippen LogP contribution in [0.25, 0.3) is 0 Å². The van der Waals surface area contributed by atoms with Crippen LogP contribution in [0.5, 0.6) is 0 Å². The van der Waals surface area contributed by atoms with E-state index in [1.807, 2.05) is 6.07 Å². The highest BCUT2D eigenvalue weighted by Gasteiger charge is 2.30. The first kappa shape index (κ1) is 21.2. The zero-order valence-electron chi connectivity index (χ0n) is 16.6. The molecule has 0 radical (unpaired) electrons. The van der Waals surface area contributed by atoms with Crippen LogP contribution in [0.2, 0.25) is 5.02 Å². The van der Waals surface area contributed by atoms with Gasteiger partial charge in [-0.3, -0.25) is 9.98 Å². The Morgan fingerprint density at radius 3 is 2.75 bits per heavy atom. The maximum absolute atomic E-state index is 14.7. The van der Waals surface area contributed by atoms with Gasteiger partial charge in [-0.15, -0.1) is 0 Å². The van der Waals surface area contributed by atoms with Crippen LogP contribution >= 0.6 is 11.6 Å². The van der Waals surface area contributed by atoms with Crippen LogP contribution in [-0.2, 0) is 0 Å². The number of aromatic nitrogens is 3. The molecule has 0 unspecified atom stereocenters. The molecule has 0 saturated carbocycles. The minimum absolute atomic E-state index is 0.00275. The highest BCUT2D eigenvalue weighted by molar-refractivity contribution is 6.32. The van der Waals surface area contributed by atoms with Crippen LogP contribution in [0, 0.1) is 23.0 Å². The molecule has 0 saturated heterocycles. The summed E-state index contributed by atoms with van der Waals surface area (Å²) in [6, 6.07) is 4.35. The first-order valence-electron chi connectivity index (χ1n) is 9.31. The van der Waals surface area contributed by atoms with Crippen molar-refractivity contribution in [1.82, 2.24) is 15.0 Å². The van der Waals surface area contributed by atoms with E-state index in [0.717, 1.165) is 6.20 Å². The Labute approximate surface area is 186 Å². The second kappa shape index (κ2) is 8.24. The number of nitriles is 1. The Kier molecular flexibility index (Phi) is 5.46. The summed E-state index contributed by atoms with van der Waals surface area (Å²) in [7, 11) is 0. The monoisotopic (exact) mass is 455 g/mol. The van der Waals surface area contributed by atoms with Gasteiger partial charge in [0.15, 0.2) is 5.82 Å². The second-order valence-electron chi connectivity index (χ2n) is 6.96. The number of nitrogens with zero attached hydrogens (tertiary/aromatic N) is 5. The Balaban J connectivity index is 1.78. The van der Waals surface area contributed by atoms with Crippen molar-refractivity contribution in [2.24, 2.45) is 4.99 Å². The molecule has 12 heteroatoms. The molecule has 3 aromatic rings. The number of nitrogens with two attached hydrogens (primary N) is 2. The van der Waals surface area contributed by atoms with Crippen molar-refractivity contribution in [2.75, 3.05) is 22.1 Å². The maximum atomic E-state index is 14.7. The number of nitrogen functional groups attached to an aromatic ring is 2. The highest BCUT2D eigenvalue weighted by atomic mass is 35.5. The minimum atomic E-state index is -0.826. The Morgan fingerprint density at radius 2 is 2.03 bits per heavy atom. The maximum Gasteiger partial charge on any atom is 0.224 e. The van der Waals surface area contributed by atoms with Crippen molar-refractivity contribution in [3.05, 3.63) is 63.9 Å². The molecular weight excluding hydrogens is 440 g/mol. The van der Waals surface area contributed by atoms with Crippen molar-refractivity contribution in [1.29, 1.82) is 5.26 Å². The SMILES string of the molecule is C[C@@H](Nc1nc(N)nc(N)c1C#N)C1=N[C@H](c2cncc(F)c2)c2c(Cl)ccc(F)c2N1. The average Bonchev–Trinajstić information content (AvgIpc) is 2.75. The number of rotatable bonds is 4. The first-order chi connectivity index (χ1) is 15.3. The summed E-state index contributed by atoms with van der Waals surface area (Å²) in [5, 5.41) is 15.6. The number of hydrogen-bond donors (Lipinski definition) is 4. The van der Waals surface area contributed by atoms with Gasteiger partial charge in [-0.1, -0.05) is 11.6 Å². The van der Waals surface area contributed by atoms with Gasteiger partial charge in [0.05, 0.1) is 17.9 Å². The lowest BCUT2D eigenvalue weighted by Gasteiger charge is -2.29. The largest absolute Gasteiger partial charge is 0.382 e. The summed E-state index contributed by atoms with van der Waals surface area (Å²) in [6.07, 6.45) is 2.49. The summed E-state index contributed by atoms with van der Waals surface area (Å²) < 4.78 is 28.6. The lowest BCUT2D eigenvalue weighted by atomic mass is 9.96. The number of halogens is 3. The van der Waals surface area contributed by atoms with Crippen LogP contribution in [0.4, 0.5) is 32.1 Å². The summed E-state index contributed by atoms with van der Waals surface area (Å²) in [5.41, 5.74) is 12.2. The van der Waals surface area contributed by atoms with E-state index < -0.39 is 23.7 Å². The summed E-state index contributed by atoms with van der Waals surface area (Å²) >= 11 is 6.34. The molecule has 1 aliphatic heterocycles. The lowest BCUT2D eigenvalue weighted by molar-refractivity contribution is 0.614. The number of pyridine rings is 1. The topological polar surface area (TPSA) is 151 Å². The third-order valence-electron chi connectivity index (χ3n) is 4.81. The molecular formula is C20H16ClF2N9. The van der Waals surface area contributed by atoms with Gasteiger partial charge in [0, 0.05) is 22.3 Å². The average molecular weight is 456 g/mol. The van der Waals surface area contributed by atoms with Crippen LogP contribution in [0.3, 0.4) is 0 Å². The van der Waals surface area contributed by atoms with E-state index in [9.17, 15) is 14.0 Å². The number of aliphatic imine (C=N–C) groups is 1. The number of anilines is 4. The van der Waals surface area contributed by atoms with Gasteiger partial charge in [-0.05, 0) is 25.1 Å². The Morgan fingerprint density at radius 1 is 1.25 bits per heavy atom. The molecule has 2 atom stereocenters.